The molecule has 0 unspecified atom stereocenters. The predicted octanol–water partition coefficient (Wildman–Crippen LogP) is 5.44. The van der Waals surface area contributed by atoms with Crippen LogP contribution in [-0.2, 0) is 0 Å². The third-order valence-electron chi connectivity index (χ3n) is 3.00. The standard InChI is InChI=1S/C16H17Cl/c1-11(2)13-6-4-5-7-14(13)15-9-8-12(3)10-16(15)17/h4-11H,1-3H3. The number of benzene rings is 2. The lowest BCUT2D eigenvalue weighted by Crippen LogP contribution is -1.92. The van der Waals surface area contributed by atoms with E-state index in [-0.39, 0.29) is 0 Å². The molecular formula is C16H17Cl. The number of halogens is 1. The van der Waals surface area contributed by atoms with Gasteiger partial charge in [-0.05, 0) is 35.6 Å². The van der Waals surface area contributed by atoms with Gasteiger partial charge in [0.25, 0.3) is 0 Å². The lowest BCUT2D eigenvalue weighted by molar-refractivity contribution is 0.869. The van der Waals surface area contributed by atoms with Gasteiger partial charge in [0, 0.05) is 10.6 Å². The van der Waals surface area contributed by atoms with Crippen molar-refractivity contribution in [3.05, 3.63) is 58.6 Å². The highest BCUT2D eigenvalue weighted by molar-refractivity contribution is 6.33. The molecule has 0 saturated carbocycles. The lowest BCUT2D eigenvalue weighted by Gasteiger charge is -2.14. The van der Waals surface area contributed by atoms with E-state index in [2.05, 4.69) is 57.2 Å². The van der Waals surface area contributed by atoms with Gasteiger partial charge in [0.15, 0.2) is 0 Å². The molecule has 0 aliphatic heterocycles. The minimum absolute atomic E-state index is 0.503. The third-order valence-corrected chi connectivity index (χ3v) is 3.31. The average molecular weight is 245 g/mol. The molecule has 88 valence electrons. The van der Waals surface area contributed by atoms with Crippen molar-refractivity contribution in [3.63, 3.8) is 0 Å². The van der Waals surface area contributed by atoms with Crippen LogP contribution in [0.15, 0.2) is 42.5 Å². The highest BCUT2D eigenvalue weighted by Crippen LogP contribution is 2.34. The molecule has 0 bridgehead atoms. The van der Waals surface area contributed by atoms with Gasteiger partial charge in [0.05, 0.1) is 0 Å². The van der Waals surface area contributed by atoms with Gasteiger partial charge in [-0.15, -0.1) is 0 Å². The Morgan fingerprint density at radius 1 is 0.941 bits per heavy atom. The van der Waals surface area contributed by atoms with E-state index in [0.29, 0.717) is 5.92 Å². The van der Waals surface area contributed by atoms with Crippen LogP contribution >= 0.6 is 11.6 Å². The van der Waals surface area contributed by atoms with E-state index in [4.69, 9.17) is 11.6 Å². The maximum Gasteiger partial charge on any atom is 0.0487 e. The van der Waals surface area contributed by atoms with Gasteiger partial charge in [0.2, 0.25) is 0 Å². The van der Waals surface area contributed by atoms with Crippen LogP contribution in [-0.4, -0.2) is 0 Å². The Kier molecular flexibility index (Phi) is 3.54. The summed E-state index contributed by atoms with van der Waals surface area (Å²) < 4.78 is 0. The molecule has 0 aromatic heterocycles. The summed E-state index contributed by atoms with van der Waals surface area (Å²) in [4.78, 5) is 0. The van der Waals surface area contributed by atoms with Crippen LogP contribution in [0.1, 0.15) is 30.9 Å². The molecule has 2 aromatic rings. The molecule has 17 heavy (non-hydrogen) atoms. The highest BCUT2D eigenvalue weighted by Gasteiger charge is 2.10. The Morgan fingerprint density at radius 3 is 2.29 bits per heavy atom. The zero-order valence-electron chi connectivity index (χ0n) is 10.5. The molecule has 0 N–H and O–H groups in total. The van der Waals surface area contributed by atoms with E-state index in [1.54, 1.807) is 0 Å². The fraction of sp³-hybridized carbons (Fsp3) is 0.250. The smallest absolute Gasteiger partial charge is 0.0487 e. The topological polar surface area (TPSA) is 0 Å². The Balaban J connectivity index is 2.60. The summed E-state index contributed by atoms with van der Waals surface area (Å²) in [6.07, 6.45) is 0. The van der Waals surface area contributed by atoms with Gasteiger partial charge in [-0.1, -0.05) is 61.8 Å². The number of aryl methyl sites for hydroxylation is 1. The van der Waals surface area contributed by atoms with Crippen LogP contribution in [0.3, 0.4) is 0 Å². The van der Waals surface area contributed by atoms with Gasteiger partial charge >= 0.3 is 0 Å². The molecule has 0 saturated heterocycles. The summed E-state index contributed by atoms with van der Waals surface area (Å²) in [5.41, 5.74) is 4.91. The maximum absolute atomic E-state index is 6.34. The van der Waals surface area contributed by atoms with Crippen LogP contribution in [0, 0.1) is 6.92 Å². The first kappa shape index (κ1) is 12.2. The van der Waals surface area contributed by atoms with Gasteiger partial charge in [-0.2, -0.15) is 0 Å². The fourth-order valence-corrected chi connectivity index (χ4v) is 2.42. The third kappa shape index (κ3) is 2.53. The Morgan fingerprint density at radius 2 is 1.65 bits per heavy atom. The number of hydrogen-bond acceptors (Lipinski definition) is 0. The number of hydrogen-bond donors (Lipinski definition) is 0. The Bertz CT molecular complexity index is 527. The molecule has 1 heteroatoms. The molecule has 0 atom stereocenters. The molecule has 0 radical (unpaired) electrons. The Labute approximate surface area is 108 Å². The van der Waals surface area contributed by atoms with E-state index < -0.39 is 0 Å². The molecule has 0 amide bonds. The van der Waals surface area contributed by atoms with Crippen LogP contribution in [0.4, 0.5) is 0 Å². The lowest BCUT2D eigenvalue weighted by atomic mass is 9.92. The molecule has 2 aromatic carbocycles. The van der Waals surface area contributed by atoms with Crippen molar-refractivity contribution in [1.29, 1.82) is 0 Å². The van der Waals surface area contributed by atoms with Crippen LogP contribution in [0.25, 0.3) is 11.1 Å². The summed E-state index contributed by atoms with van der Waals surface area (Å²) in [6, 6.07) is 14.7. The van der Waals surface area contributed by atoms with Crippen molar-refractivity contribution in [2.75, 3.05) is 0 Å². The monoisotopic (exact) mass is 244 g/mol. The number of rotatable bonds is 2. The van der Waals surface area contributed by atoms with Gasteiger partial charge in [0.1, 0.15) is 0 Å². The summed E-state index contributed by atoms with van der Waals surface area (Å²) in [5.74, 6) is 0.503. The largest absolute Gasteiger partial charge is 0.0837 e. The van der Waals surface area contributed by atoms with E-state index in [9.17, 15) is 0 Å². The van der Waals surface area contributed by atoms with Crippen molar-refractivity contribution < 1.29 is 0 Å². The zero-order valence-corrected chi connectivity index (χ0v) is 11.3. The van der Waals surface area contributed by atoms with Crippen molar-refractivity contribution >= 4 is 11.6 Å². The van der Waals surface area contributed by atoms with Gasteiger partial charge in [-0.3, -0.25) is 0 Å². The van der Waals surface area contributed by atoms with Crippen LogP contribution < -0.4 is 0 Å². The molecule has 0 aliphatic rings. The predicted molar refractivity (Wildman–Crippen MR) is 75.7 cm³/mol. The fourth-order valence-electron chi connectivity index (χ4n) is 2.08. The summed E-state index contributed by atoms with van der Waals surface area (Å²) in [7, 11) is 0. The summed E-state index contributed by atoms with van der Waals surface area (Å²) in [5, 5.41) is 0.832. The quantitative estimate of drug-likeness (QED) is 0.660. The SMILES string of the molecule is Cc1ccc(-c2ccccc2C(C)C)c(Cl)c1. The molecule has 0 heterocycles. The van der Waals surface area contributed by atoms with Crippen molar-refractivity contribution in [2.24, 2.45) is 0 Å². The summed E-state index contributed by atoms with van der Waals surface area (Å²) in [6.45, 7) is 6.48. The molecule has 0 nitrogen and oxygen atoms in total. The van der Waals surface area contributed by atoms with E-state index in [1.807, 2.05) is 6.07 Å². The highest BCUT2D eigenvalue weighted by atomic mass is 35.5. The molecule has 2 rings (SSSR count). The second kappa shape index (κ2) is 4.93. The maximum atomic E-state index is 6.34. The normalized spacial score (nSPS) is 10.9. The Hall–Kier alpha value is -1.27. The second-order valence-corrected chi connectivity index (χ2v) is 5.13. The first-order chi connectivity index (χ1) is 8.09. The van der Waals surface area contributed by atoms with E-state index >= 15 is 0 Å². The van der Waals surface area contributed by atoms with Crippen molar-refractivity contribution in [1.82, 2.24) is 0 Å². The first-order valence-electron chi connectivity index (χ1n) is 5.95. The summed E-state index contributed by atoms with van der Waals surface area (Å²) >= 11 is 6.34. The average Bonchev–Trinajstić information content (AvgIpc) is 2.29. The first-order valence-corrected chi connectivity index (χ1v) is 6.33. The van der Waals surface area contributed by atoms with Gasteiger partial charge in [-0.25, -0.2) is 0 Å². The van der Waals surface area contributed by atoms with Gasteiger partial charge < -0.3 is 0 Å². The van der Waals surface area contributed by atoms with E-state index in [1.165, 1.54) is 16.7 Å². The zero-order chi connectivity index (χ0) is 12.4. The molecule has 0 spiro atoms. The minimum atomic E-state index is 0.503. The van der Waals surface area contributed by atoms with Crippen LogP contribution in [0.5, 0.6) is 0 Å². The molecular weight excluding hydrogens is 228 g/mol. The van der Waals surface area contributed by atoms with Crippen molar-refractivity contribution in [3.8, 4) is 11.1 Å². The second-order valence-electron chi connectivity index (χ2n) is 4.73. The van der Waals surface area contributed by atoms with E-state index in [0.717, 1.165) is 10.6 Å². The molecule has 0 aliphatic carbocycles. The van der Waals surface area contributed by atoms with Crippen molar-refractivity contribution in [2.45, 2.75) is 26.7 Å². The molecule has 0 fully saturated rings. The minimum Gasteiger partial charge on any atom is -0.0837 e. The van der Waals surface area contributed by atoms with Crippen LogP contribution in [0.2, 0.25) is 5.02 Å².